The van der Waals surface area contributed by atoms with Crippen molar-refractivity contribution in [3.63, 3.8) is 0 Å². The van der Waals surface area contributed by atoms with Gasteiger partial charge in [0, 0.05) is 25.2 Å². The maximum atomic E-state index is 12.8. The number of nitrogens with zero attached hydrogens (tertiary/aromatic N) is 2. The lowest BCUT2D eigenvalue weighted by molar-refractivity contribution is -0.136. The summed E-state index contributed by atoms with van der Waals surface area (Å²) in [5.41, 5.74) is 7.46. The quantitative estimate of drug-likeness (QED) is 0.836. The minimum Gasteiger partial charge on any atom is -0.337 e. The lowest BCUT2D eigenvalue weighted by Crippen LogP contribution is -2.53. The van der Waals surface area contributed by atoms with Crippen LogP contribution in [0, 0.1) is 5.92 Å². The van der Waals surface area contributed by atoms with Gasteiger partial charge in [-0.1, -0.05) is 44.2 Å². The summed E-state index contributed by atoms with van der Waals surface area (Å²) < 4.78 is 0. The third kappa shape index (κ3) is 4.81. The van der Waals surface area contributed by atoms with Gasteiger partial charge in [-0.05, 0) is 44.7 Å². The maximum Gasteiger partial charge on any atom is 0.240 e. The highest BCUT2D eigenvalue weighted by Crippen LogP contribution is 2.22. The van der Waals surface area contributed by atoms with Crippen molar-refractivity contribution in [3.05, 3.63) is 35.9 Å². The van der Waals surface area contributed by atoms with Crippen LogP contribution >= 0.6 is 0 Å². The molecule has 134 valence electrons. The minimum absolute atomic E-state index is 0.0894. The van der Waals surface area contributed by atoms with Gasteiger partial charge < -0.3 is 10.6 Å². The Morgan fingerprint density at radius 1 is 1.25 bits per heavy atom. The van der Waals surface area contributed by atoms with E-state index in [0.717, 1.165) is 26.1 Å². The molecule has 1 heterocycles. The maximum absolute atomic E-state index is 12.8. The summed E-state index contributed by atoms with van der Waals surface area (Å²) in [6, 6.07) is 10.8. The van der Waals surface area contributed by atoms with Crippen molar-refractivity contribution in [3.8, 4) is 0 Å². The van der Waals surface area contributed by atoms with Gasteiger partial charge in [0.25, 0.3) is 0 Å². The average molecular weight is 332 g/mol. The van der Waals surface area contributed by atoms with Crippen LogP contribution in [0.25, 0.3) is 0 Å². The number of rotatable bonds is 7. The van der Waals surface area contributed by atoms with Crippen LogP contribution in [0.5, 0.6) is 0 Å². The summed E-state index contributed by atoms with van der Waals surface area (Å²) in [4.78, 5) is 17.3. The number of likely N-dealkylation sites (tertiary alicyclic amines) is 1. The summed E-state index contributed by atoms with van der Waals surface area (Å²) in [7, 11) is 0. The molecule has 0 spiro atoms. The minimum atomic E-state index is -0.406. The predicted molar refractivity (Wildman–Crippen MR) is 99.5 cm³/mol. The second-order valence-electron chi connectivity index (χ2n) is 7.61. The van der Waals surface area contributed by atoms with Crippen LogP contribution in [-0.2, 0) is 11.3 Å². The third-order valence-electron chi connectivity index (χ3n) is 5.04. The highest BCUT2D eigenvalue weighted by Gasteiger charge is 2.31. The van der Waals surface area contributed by atoms with Gasteiger partial charge in [0.1, 0.15) is 0 Å². The molecule has 2 atom stereocenters. The van der Waals surface area contributed by atoms with E-state index in [0.29, 0.717) is 6.04 Å². The first-order valence-electron chi connectivity index (χ1n) is 9.24. The van der Waals surface area contributed by atoms with Crippen molar-refractivity contribution < 1.29 is 4.79 Å². The zero-order valence-electron chi connectivity index (χ0n) is 15.6. The number of carbonyl (C=O) groups is 1. The fourth-order valence-electron chi connectivity index (χ4n) is 3.39. The zero-order valence-corrected chi connectivity index (χ0v) is 15.6. The Labute approximate surface area is 147 Å². The Kier molecular flexibility index (Phi) is 6.81. The monoisotopic (exact) mass is 331 g/mol. The van der Waals surface area contributed by atoms with Crippen molar-refractivity contribution in [1.29, 1.82) is 0 Å². The van der Waals surface area contributed by atoms with Gasteiger partial charge in [-0.3, -0.25) is 9.69 Å². The first-order chi connectivity index (χ1) is 11.4. The van der Waals surface area contributed by atoms with E-state index in [1.165, 1.54) is 12.0 Å². The highest BCUT2D eigenvalue weighted by atomic mass is 16.2. The van der Waals surface area contributed by atoms with E-state index >= 15 is 0 Å². The molecule has 0 bridgehead atoms. The number of benzene rings is 1. The summed E-state index contributed by atoms with van der Waals surface area (Å²) in [5, 5.41) is 0. The zero-order chi connectivity index (χ0) is 17.7. The topological polar surface area (TPSA) is 49.6 Å². The van der Waals surface area contributed by atoms with Gasteiger partial charge in [0.2, 0.25) is 5.91 Å². The Balaban J connectivity index is 2.03. The van der Waals surface area contributed by atoms with Gasteiger partial charge in [0.15, 0.2) is 0 Å². The molecule has 1 fully saturated rings. The lowest BCUT2D eigenvalue weighted by Gasteiger charge is -2.35. The Hall–Kier alpha value is -1.39. The molecule has 1 aromatic carbocycles. The molecule has 1 saturated heterocycles. The fraction of sp³-hybridized carbons (Fsp3) is 0.650. The largest absolute Gasteiger partial charge is 0.337 e. The van der Waals surface area contributed by atoms with Crippen LogP contribution in [0.3, 0.4) is 0 Å². The molecule has 2 rings (SSSR count). The Morgan fingerprint density at radius 3 is 2.50 bits per heavy atom. The number of hydrogen-bond donors (Lipinski definition) is 1. The molecule has 24 heavy (non-hydrogen) atoms. The first kappa shape index (κ1) is 18.9. The Bertz CT molecular complexity index is 515. The van der Waals surface area contributed by atoms with E-state index in [2.05, 4.69) is 49.1 Å². The fourth-order valence-corrected chi connectivity index (χ4v) is 3.39. The van der Waals surface area contributed by atoms with E-state index in [1.807, 2.05) is 18.7 Å². The number of amides is 1. The molecule has 0 aliphatic carbocycles. The second kappa shape index (κ2) is 8.63. The molecule has 1 aliphatic rings. The smallest absolute Gasteiger partial charge is 0.240 e. The van der Waals surface area contributed by atoms with Gasteiger partial charge in [-0.15, -0.1) is 0 Å². The Morgan fingerprint density at radius 2 is 1.92 bits per heavy atom. The summed E-state index contributed by atoms with van der Waals surface area (Å²) >= 11 is 0. The highest BCUT2D eigenvalue weighted by molar-refractivity contribution is 5.82. The standard InChI is InChI=1S/C20H33N3O/c1-15(2)19(21)20(24)23(16(3)4)14-18-11-8-12-22(18)13-17-9-6-5-7-10-17/h5-7,9-10,15-16,18-19H,8,11-14,21H2,1-4H3/t18-,19?/m0/s1. The van der Waals surface area contributed by atoms with Crippen molar-refractivity contribution in [1.82, 2.24) is 9.80 Å². The summed E-state index contributed by atoms with van der Waals surface area (Å²) in [5.74, 6) is 0.259. The van der Waals surface area contributed by atoms with Crippen LogP contribution in [0.2, 0.25) is 0 Å². The van der Waals surface area contributed by atoms with Crippen LogP contribution in [-0.4, -0.2) is 46.9 Å². The molecule has 0 radical (unpaired) electrons. The van der Waals surface area contributed by atoms with Crippen LogP contribution < -0.4 is 5.73 Å². The van der Waals surface area contributed by atoms with Crippen LogP contribution in [0.1, 0.15) is 46.1 Å². The predicted octanol–water partition coefficient (Wildman–Crippen LogP) is 2.87. The van der Waals surface area contributed by atoms with E-state index in [-0.39, 0.29) is 17.9 Å². The normalized spacial score (nSPS) is 19.9. The van der Waals surface area contributed by atoms with Crippen molar-refractivity contribution in [2.75, 3.05) is 13.1 Å². The molecule has 0 saturated carbocycles. The van der Waals surface area contributed by atoms with E-state index in [4.69, 9.17) is 5.73 Å². The van der Waals surface area contributed by atoms with Crippen molar-refractivity contribution in [2.45, 2.75) is 65.2 Å². The molecule has 4 nitrogen and oxygen atoms in total. The molecule has 0 aromatic heterocycles. The van der Waals surface area contributed by atoms with Crippen molar-refractivity contribution >= 4 is 5.91 Å². The second-order valence-corrected chi connectivity index (χ2v) is 7.61. The van der Waals surface area contributed by atoms with Crippen molar-refractivity contribution in [2.24, 2.45) is 11.7 Å². The van der Waals surface area contributed by atoms with Gasteiger partial charge >= 0.3 is 0 Å². The SMILES string of the molecule is CC(C)C(N)C(=O)N(C[C@@H]1CCCN1Cc1ccccc1)C(C)C. The van der Waals surface area contributed by atoms with Crippen LogP contribution in [0.15, 0.2) is 30.3 Å². The molecule has 1 unspecified atom stereocenters. The average Bonchev–Trinajstić information content (AvgIpc) is 2.98. The molecule has 2 N–H and O–H groups in total. The number of nitrogens with two attached hydrogens (primary N) is 1. The van der Waals surface area contributed by atoms with Gasteiger partial charge in [-0.25, -0.2) is 0 Å². The number of carbonyl (C=O) groups excluding carboxylic acids is 1. The number of hydrogen-bond acceptors (Lipinski definition) is 3. The van der Waals surface area contributed by atoms with E-state index < -0.39 is 6.04 Å². The third-order valence-corrected chi connectivity index (χ3v) is 5.04. The van der Waals surface area contributed by atoms with Gasteiger partial charge in [-0.2, -0.15) is 0 Å². The lowest BCUT2D eigenvalue weighted by atomic mass is 10.0. The van der Waals surface area contributed by atoms with E-state index in [1.54, 1.807) is 0 Å². The molecule has 1 amide bonds. The summed E-state index contributed by atoms with van der Waals surface area (Å²) in [6.07, 6.45) is 2.36. The van der Waals surface area contributed by atoms with Crippen LogP contribution in [0.4, 0.5) is 0 Å². The first-order valence-corrected chi connectivity index (χ1v) is 9.24. The molecular weight excluding hydrogens is 298 g/mol. The van der Waals surface area contributed by atoms with Gasteiger partial charge in [0.05, 0.1) is 6.04 Å². The molecule has 1 aliphatic heterocycles. The molecular formula is C20H33N3O. The molecule has 4 heteroatoms. The van der Waals surface area contributed by atoms with E-state index in [9.17, 15) is 4.79 Å². The summed E-state index contributed by atoms with van der Waals surface area (Å²) in [6.45, 7) is 11.0. The molecule has 1 aromatic rings.